The third-order valence-electron chi connectivity index (χ3n) is 12.2. The minimum absolute atomic E-state index is 0.0648. The molecule has 6 aliphatic rings. The number of nitriles is 1. The lowest BCUT2D eigenvalue weighted by molar-refractivity contribution is -0.135. The van der Waals surface area contributed by atoms with Gasteiger partial charge in [-0.15, -0.1) is 0 Å². The van der Waals surface area contributed by atoms with Gasteiger partial charge in [0.1, 0.15) is 11.1 Å². The number of ether oxygens (including phenoxy) is 1. The van der Waals surface area contributed by atoms with Crippen molar-refractivity contribution in [3.63, 3.8) is 0 Å². The summed E-state index contributed by atoms with van der Waals surface area (Å²) < 4.78 is 25.6. The number of halogens is 3. The van der Waals surface area contributed by atoms with Crippen LogP contribution in [0.15, 0.2) is 30.3 Å². The van der Waals surface area contributed by atoms with E-state index in [0.717, 1.165) is 55.4 Å². The number of hydrogen-bond donors (Lipinski definition) is 1. The van der Waals surface area contributed by atoms with Crippen LogP contribution in [0, 0.1) is 41.8 Å². The second kappa shape index (κ2) is 12.6. The fourth-order valence-electron chi connectivity index (χ4n) is 9.83. The summed E-state index contributed by atoms with van der Waals surface area (Å²) in [7, 11) is 0. The molecule has 2 amide bonds. The van der Waals surface area contributed by atoms with Crippen LogP contribution in [0.2, 0.25) is 10.0 Å². The van der Waals surface area contributed by atoms with Gasteiger partial charge in [0.15, 0.2) is 5.82 Å². The molecule has 2 aromatic heterocycles. The highest BCUT2D eigenvalue weighted by Gasteiger charge is 2.58. The summed E-state index contributed by atoms with van der Waals surface area (Å²) >= 11 is 13.2. The highest BCUT2D eigenvalue weighted by atomic mass is 35.5. The van der Waals surface area contributed by atoms with E-state index in [9.17, 15) is 14.9 Å². The first-order chi connectivity index (χ1) is 25.4. The number of fused-ring (bicyclic) bond motifs is 6. The fourth-order valence-corrected chi connectivity index (χ4v) is 10.2. The van der Waals surface area contributed by atoms with Gasteiger partial charge in [-0.05, 0) is 89.5 Å². The molecule has 53 heavy (non-hydrogen) atoms. The van der Waals surface area contributed by atoms with Crippen molar-refractivity contribution in [3.05, 3.63) is 63.1 Å². The highest BCUT2D eigenvalue weighted by molar-refractivity contribution is 6.43. The Bertz CT molecular complexity index is 2260. The number of amides is 2. The van der Waals surface area contributed by atoms with E-state index >= 15 is 4.39 Å². The van der Waals surface area contributed by atoms with E-state index in [0.29, 0.717) is 45.8 Å². The van der Waals surface area contributed by atoms with Crippen molar-refractivity contribution in [2.45, 2.75) is 96.0 Å². The van der Waals surface area contributed by atoms with Crippen molar-refractivity contribution >= 4 is 57.0 Å². The van der Waals surface area contributed by atoms with Crippen LogP contribution in [0.3, 0.4) is 0 Å². The Kier molecular flexibility index (Phi) is 8.26. The Balaban J connectivity index is 1.30. The van der Waals surface area contributed by atoms with Gasteiger partial charge in [0.05, 0.1) is 39.8 Å². The van der Waals surface area contributed by atoms with Gasteiger partial charge in [0, 0.05) is 77.2 Å². The van der Waals surface area contributed by atoms with Crippen molar-refractivity contribution < 1.29 is 18.7 Å². The molecule has 10 rings (SSSR count). The maximum absolute atomic E-state index is 17.3. The van der Waals surface area contributed by atoms with Crippen LogP contribution < -0.4 is 5.32 Å². The zero-order chi connectivity index (χ0) is 37.1. The number of carbonyl (C=O) groups excluding carboxylic acids is 2. The summed E-state index contributed by atoms with van der Waals surface area (Å²) in [6, 6.07) is 11.3. The molecule has 0 radical (unpaired) electrons. The number of likely N-dealkylation sites (tertiary alicyclic amines) is 1. The molecule has 2 saturated carbocycles. The van der Waals surface area contributed by atoms with Gasteiger partial charge in [-0.25, -0.2) is 14.2 Å². The van der Waals surface area contributed by atoms with Crippen LogP contribution in [0.1, 0.15) is 81.9 Å². The quantitative estimate of drug-likeness (QED) is 0.212. The molecule has 4 aliphatic heterocycles. The monoisotopic (exact) mass is 756 g/mol. The lowest BCUT2D eigenvalue weighted by Crippen LogP contribution is -2.46. The Morgan fingerprint density at radius 3 is 2.64 bits per heavy atom. The van der Waals surface area contributed by atoms with Gasteiger partial charge >= 0.3 is 6.09 Å². The van der Waals surface area contributed by atoms with E-state index in [1.165, 1.54) is 0 Å². The first kappa shape index (κ1) is 34.8. The number of piperidine rings is 1. The summed E-state index contributed by atoms with van der Waals surface area (Å²) in [5.41, 5.74) is 3.50. The van der Waals surface area contributed by atoms with Crippen molar-refractivity contribution in [3.8, 4) is 17.2 Å². The van der Waals surface area contributed by atoms with Crippen molar-refractivity contribution in [1.82, 2.24) is 24.7 Å². The maximum atomic E-state index is 17.3. The second-order valence-electron chi connectivity index (χ2n) is 16.7. The number of nitrogens with one attached hydrogen (secondary N) is 1. The summed E-state index contributed by atoms with van der Waals surface area (Å²) in [4.78, 5) is 36.7. The zero-order valence-electron chi connectivity index (χ0n) is 30.4. The first-order valence-electron chi connectivity index (χ1n) is 18.9. The predicted molar refractivity (Wildman–Crippen MR) is 202 cm³/mol. The lowest BCUT2D eigenvalue weighted by Gasteiger charge is -2.41. The van der Waals surface area contributed by atoms with E-state index in [2.05, 4.69) is 26.9 Å². The van der Waals surface area contributed by atoms with Crippen molar-refractivity contribution in [2.75, 3.05) is 19.6 Å². The van der Waals surface area contributed by atoms with Gasteiger partial charge in [-0.3, -0.25) is 4.79 Å². The molecule has 2 aliphatic carbocycles. The number of benzene rings is 2. The van der Waals surface area contributed by atoms with Gasteiger partial charge in [-0.1, -0.05) is 35.3 Å². The van der Waals surface area contributed by atoms with E-state index in [1.807, 2.05) is 38.7 Å². The second-order valence-corrected chi connectivity index (χ2v) is 17.5. The Morgan fingerprint density at radius 2 is 1.91 bits per heavy atom. The number of pyridine rings is 1. The van der Waals surface area contributed by atoms with Crippen LogP contribution in [0.4, 0.5) is 9.18 Å². The molecule has 2 aromatic carbocycles. The smallest absolute Gasteiger partial charge is 0.410 e. The minimum atomic E-state index is -0.636. The Morgan fingerprint density at radius 1 is 1.11 bits per heavy atom. The van der Waals surface area contributed by atoms with Gasteiger partial charge in [-0.2, -0.15) is 5.26 Å². The van der Waals surface area contributed by atoms with Crippen LogP contribution in [0.25, 0.3) is 32.9 Å². The topological polar surface area (TPSA) is 103 Å². The molecule has 4 bridgehead atoms. The Labute approximate surface area is 318 Å². The molecule has 12 heteroatoms. The highest BCUT2D eigenvalue weighted by Crippen LogP contribution is 2.56. The molecule has 276 valence electrons. The SMILES string of the molecule is Cc1nc2c(F)c(-c3cccc(Cl)c3Cl)c(CCC#N)cc2c2c1cc([C@@H]1[C@@H]3CNC[C@@H](C3)N1C(=O)C1CC1)n2[C@H]1[C@@H]2C[C@H]1N(C(=O)OC(C)(C)C)C2. The lowest BCUT2D eigenvalue weighted by atomic mass is 9.79. The van der Waals surface area contributed by atoms with Crippen LogP contribution >= 0.6 is 23.2 Å². The molecule has 0 unspecified atom stereocenters. The molecular formula is C41H43Cl2FN6O3. The summed E-state index contributed by atoms with van der Waals surface area (Å²) in [6.07, 6.45) is 3.76. The summed E-state index contributed by atoms with van der Waals surface area (Å²) in [5.74, 6) is 0.136. The van der Waals surface area contributed by atoms with Crippen molar-refractivity contribution in [2.24, 2.45) is 17.8 Å². The van der Waals surface area contributed by atoms with E-state index in [-0.39, 0.29) is 70.9 Å². The largest absolute Gasteiger partial charge is 0.444 e. The molecular weight excluding hydrogens is 714 g/mol. The van der Waals surface area contributed by atoms with Crippen LogP contribution in [0.5, 0.6) is 0 Å². The normalized spacial score (nSPS) is 26.3. The number of aryl methyl sites for hydroxylation is 2. The molecule has 6 fully saturated rings. The molecule has 4 saturated heterocycles. The summed E-state index contributed by atoms with van der Waals surface area (Å²) in [6.45, 7) is 9.67. The van der Waals surface area contributed by atoms with E-state index in [1.54, 1.807) is 18.2 Å². The molecule has 1 N–H and O–H groups in total. The average molecular weight is 758 g/mol. The van der Waals surface area contributed by atoms with E-state index in [4.69, 9.17) is 32.9 Å². The van der Waals surface area contributed by atoms with Gasteiger partial charge in [0.25, 0.3) is 0 Å². The minimum Gasteiger partial charge on any atom is -0.444 e. The third kappa shape index (κ3) is 5.52. The van der Waals surface area contributed by atoms with Crippen LogP contribution in [-0.2, 0) is 16.0 Å². The standard InChI is InChI=1S/C41H43Cl2FN6O3/c1-20-27-16-31(36-23-13-25(18-46-17-23)49(36)39(51)21-10-11-21)50(37-24-15-30(37)48(19-24)40(52)53-41(2,3)4)38(27)28-14-22(7-6-12-45)32(34(44)35(28)47-20)26-8-5-9-29(42)33(26)43/h5,8-9,14,16,21,23-25,30,36-37,46H,6-7,10-11,13,15,17-19H2,1-4H3/t23-,24+,25+,30+,36-,37-/m0/s1. The molecule has 0 spiro atoms. The number of aromatic nitrogens is 2. The van der Waals surface area contributed by atoms with Crippen LogP contribution in [-0.4, -0.2) is 68.7 Å². The summed E-state index contributed by atoms with van der Waals surface area (Å²) in [5, 5.41) is 15.4. The zero-order valence-corrected chi connectivity index (χ0v) is 31.9. The number of rotatable bonds is 6. The van der Waals surface area contributed by atoms with Gasteiger partial charge in [0.2, 0.25) is 5.91 Å². The number of nitrogens with zero attached hydrogens (tertiary/aromatic N) is 5. The number of carbonyl (C=O) groups is 2. The van der Waals surface area contributed by atoms with E-state index < -0.39 is 11.4 Å². The maximum Gasteiger partial charge on any atom is 0.410 e. The third-order valence-corrected chi connectivity index (χ3v) is 13.0. The van der Waals surface area contributed by atoms with Gasteiger partial charge < -0.3 is 24.4 Å². The predicted octanol–water partition coefficient (Wildman–Crippen LogP) is 8.52. The molecule has 6 heterocycles. The Hall–Kier alpha value is -3.91. The first-order valence-corrected chi connectivity index (χ1v) is 19.6. The van der Waals surface area contributed by atoms with Crippen molar-refractivity contribution in [1.29, 1.82) is 5.26 Å². The molecule has 9 nitrogen and oxygen atoms in total. The number of hydrogen-bond acceptors (Lipinski definition) is 6. The fraction of sp³-hybridized carbons (Fsp3) is 0.512. The average Bonchev–Trinajstić information content (AvgIpc) is 3.47. The molecule has 4 aromatic rings. The molecule has 6 atom stereocenters.